The van der Waals surface area contributed by atoms with Crippen molar-refractivity contribution in [1.82, 2.24) is 14.5 Å². The van der Waals surface area contributed by atoms with Crippen LogP contribution in [0.5, 0.6) is 0 Å². The minimum Gasteiger partial charge on any atom is -0.333 e. The lowest BCUT2D eigenvalue weighted by molar-refractivity contribution is -0.384. The molecule has 0 unspecified atom stereocenters. The average molecular weight is 288 g/mol. The fraction of sp³-hybridized carbons (Fsp3) is 0.308. The summed E-state index contributed by atoms with van der Waals surface area (Å²) >= 11 is 0. The van der Waals surface area contributed by atoms with Gasteiger partial charge in [0.05, 0.1) is 11.5 Å². The molecule has 0 atom stereocenters. The maximum Gasteiger partial charge on any atom is 0.293 e. The molecule has 8 heteroatoms. The molecule has 0 saturated carbocycles. The highest BCUT2D eigenvalue weighted by Gasteiger charge is 2.21. The van der Waals surface area contributed by atoms with E-state index in [1.165, 1.54) is 6.07 Å². The van der Waals surface area contributed by atoms with E-state index in [9.17, 15) is 10.1 Å². The average Bonchev–Trinajstić information content (AvgIpc) is 2.94. The molecular weight excluding hydrogens is 272 g/mol. The Morgan fingerprint density at radius 1 is 1.43 bits per heavy atom. The van der Waals surface area contributed by atoms with Gasteiger partial charge < -0.3 is 9.99 Å². The van der Waals surface area contributed by atoms with Gasteiger partial charge in [0, 0.05) is 38.1 Å². The van der Waals surface area contributed by atoms with Gasteiger partial charge in [-0.2, -0.15) is 0 Å². The molecule has 8 nitrogen and oxygen atoms in total. The number of imidazole rings is 1. The molecule has 1 aliphatic rings. The topological polar surface area (TPSA) is 102 Å². The molecule has 0 bridgehead atoms. The molecule has 1 aromatic carbocycles. The van der Waals surface area contributed by atoms with Crippen LogP contribution in [-0.4, -0.2) is 25.9 Å². The van der Waals surface area contributed by atoms with Crippen molar-refractivity contribution in [2.24, 2.45) is 5.84 Å². The Bertz CT molecular complexity index is 668. The number of para-hydroxylation sites is 1. The van der Waals surface area contributed by atoms with Gasteiger partial charge >= 0.3 is 0 Å². The van der Waals surface area contributed by atoms with Crippen molar-refractivity contribution in [3.8, 4) is 0 Å². The van der Waals surface area contributed by atoms with Gasteiger partial charge in [0.25, 0.3) is 5.69 Å². The van der Waals surface area contributed by atoms with Crippen LogP contribution in [0.1, 0.15) is 11.4 Å². The monoisotopic (exact) mass is 288 g/mol. The van der Waals surface area contributed by atoms with E-state index < -0.39 is 4.92 Å². The number of benzene rings is 1. The molecule has 2 heterocycles. The molecule has 1 aromatic heterocycles. The highest BCUT2D eigenvalue weighted by atomic mass is 16.6. The first kappa shape index (κ1) is 13.5. The standard InChI is InChI=1S/C13H16N6O2/c14-16-13-10(2-1-3-11(13)19(20)21)8-17-6-7-18-5-4-15-12(18)9-17/h1-5,16H,6-9,14H2. The second-order valence-corrected chi connectivity index (χ2v) is 4.96. The number of hydrogen-bond acceptors (Lipinski definition) is 6. The molecule has 3 N–H and O–H groups in total. The Balaban J connectivity index is 1.83. The summed E-state index contributed by atoms with van der Waals surface area (Å²) in [6.07, 6.45) is 3.76. The minimum atomic E-state index is -0.429. The summed E-state index contributed by atoms with van der Waals surface area (Å²) in [4.78, 5) is 17.1. The van der Waals surface area contributed by atoms with Crippen molar-refractivity contribution in [2.75, 3.05) is 12.0 Å². The number of nitrogens with one attached hydrogen (secondary N) is 1. The predicted molar refractivity (Wildman–Crippen MR) is 77.2 cm³/mol. The summed E-state index contributed by atoms with van der Waals surface area (Å²) in [5, 5.41) is 11.0. The summed E-state index contributed by atoms with van der Waals surface area (Å²) in [6, 6.07) is 4.98. The van der Waals surface area contributed by atoms with E-state index in [2.05, 4.69) is 19.9 Å². The fourth-order valence-corrected chi connectivity index (χ4v) is 2.64. The molecule has 110 valence electrons. The third-order valence-electron chi connectivity index (χ3n) is 3.69. The van der Waals surface area contributed by atoms with Crippen LogP contribution in [-0.2, 0) is 19.6 Å². The largest absolute Gasteiger partial charge is 0.333 e. The molecule has 2 aromatic rings. The van der Waals surface area contributed by atoms with Gasteiger partial charge in [0.15, 0.2) is 0 Å². The maximum absolute atomic E-state index is 11.0. The van der Waals surface area contributed by atoms with Crippen LogP contribution in [0.15, 0.2) is 30.6 Å². The van der Waals surface area contributed by atoms with Gasteiger partial charge in [-0.3, -0.25) is 20.9 Å². The number of nitrogens with zero attached hydrogens (tertiary/aromatic N) is 4. The Kier molecular flexibility index (Phi) is 3.55. The van der Waals surface area contributed by atoms with Gasteiger partial charge in [-0.05, 0) is 5.56 Å². The highest BCUT2D eigenvalue weighted by Crippen LogP contribution is 2.28. The number of aromatic nitrogens is 2. The van der Waals surface area contributed by atoms with Gasteiger partial charge in [0.2, 0.25) is 0 Å². The number of fused-ring (bicyclic) bond motifs is 1. The molecule has 0 spiro atoms. The zero-order chi connectivity index (χ0) is 14.8. The van der Waals surface area contributed by atoms with Crippen molar-refractivity contribution in [1.29, 1.82) is 0 Å². The molecule has 0 saturated heterocycles. The molecule has 0 aliphatic carbocycles. The zero-order valence-electron chi connectivity index (χ0n) is 11.4. The molecule has 0 amide bonds. The van der Waals surface area contributed by atoms with Crippen molar-refractivity contribution < 1.29 is 4.92 Å². The second-order valence-electron chi connectivity index (χ2n) is 4.96. The van der Waals surface area contributed by atoms with Gasteiger partial charge in [-0.25, -0.2) is 4.98 Å². The lowest BCUT2D eigenvalue weighted by Gasteiger charge is -2.28. The second kappa shape index (κ2) is 5.51. The smallest absolute Gasteiger partial charge is 0.293 e. The van der Waals surface area contributed by atoms with Gasteiger partial charge in [-0.1, -0.05) is 12.1 Å². The molecule has 0 radical (unpaired) electrons. The number of anilines is 1. The lowest BCUT2D eigenvalue weighted by Crippen LogP contribution is -2.33. The SMILES string of the molecule is NNc1c(CN2CCn3ccnc3C2)cccc1[N+](=O)[O-]. The fourth-order valence-electron chi connectivity index (χ4n) is 2.64. The quantitative estimate of drug-likeness (QED) is 0.496. The molecule has 3 rings (SSSR count). The van der Waals surface area contributed by atoms with Crippen molar-refractivity contribution in [3.05, 3.63) is 52.1 Å². The van der Waals surface area contributed by atoms with Crippen LogP contribution < -0.4 is 11.3 Å². The third-order valence-corrected chi connectivity index (χ3v) is 3.69. The van der Waals surface area contributed by atoms with Crippen LogP contribution in [0.2, 0.25) is 0 Å². The number of nitro benzene ring substituents is 1. The molecular formula is C13H16N6O2. The Morgan fingerprint density at radius 2 is 2.29 bits per heavy atom. The first-order valence-corrected chi connectivity index (χ1v) is 6.64. The number of hydrogen-bond donors (Lipinski definition) is 2. The van der Waals surface area contributed by atoms with Gasteiger partial charge in [0.1, 0.15) is 11.5 Å². The van der Waals surface area contributed by atoms with E-state index >= 15 is 0 Å². The van der Waals surface area contributed by atoms with Crippen molar-refractivity contribution in [3.63, 3.8) is 0 Å². The Labute approximate surface area is 121 Å². The first-order valence-electron chi connectivity index (χ1n) is 6.64. The molecule has 1 aliphatic heterocycles. The number of rotatable bonds is 4. The zero-order valence-corrected chi connectivity index (χ0v) is 11.4. The van der Waals surface area contributed by atoms with Crippen LogP contribution in [0.25, 0.3) is 0 Å². The van der Waals surface area contributed by atoms with Crippen LogP contribution in [0.3, 0.4) is 0 Å². The van der Waals surface area contributed by atoms with Gasteiger partial charge in [-0.15, -0.1) is 0 Å². The third kappa shape index (κ3) is 2.58. The molecule has 21 heavy (non-hydrogen) atoms. The van der Waals surface area contributed by atoms with E-state index in [1.54, 1.807) is 12.3 Å². The van der Waals surface area contributed by atoms with Crippen molar-refractivity contribution in [2.45, 2.75) is 19.6 Å². The maximum atomic E-state index is 11.0. The van der Waals surface area contributed by atoms with E-state index in [4.69, 9.17) is 5.84 Å². The summed E-state index contributed by atoms with van der Waals surface area (Å²) in [6.45, 7) is 3.06. The Morgan fingerprint density at radius 3 is 3.05 bits per heavy atom. The number of nitro groups is 1. The summed E-state index contributed by atoms with van der Waals surface area (Å²) in [5.74, 6) is 6.47. The van der Waals surface area contributed by atoms with Crippen LogP contribution in [0, 0.1) is 10.1 Å². The van der Waals surface area contributed by atoms with Crippen LogP contribution in [0.4, 0.5) is 11.4 Å². The summed E-state index contributed by atoms with van der Waals surface area (Å²) in [5.41, 5.74) is 3.64. The minimum absolute atomic E-state index is 0.00601. The van der Waals surface area contributed by atoms with E-state index in [-0.39, 0.29) is 5.69 Å². The van der Waals surface area contributed by atoms with E-state index in [1.807, 2.05) is 12.3 Å². The Hall–Kier alpha value is -2.45. The summed E-state index contributed by atoms with van der Waals surface area (Å²) < 4.78 is 2.12. The normalized spacial score (nSPS) is 14.7. The van der Waals surface area contributed by atoms with E-state index in [0.717, 1.165) is 31.0 Å². The predicted octanol–water partition coefficient (Wildman–Crippen LogP) is 1.09. The lowest BCUT2D eigenvalue weighted by atomic mass is 10.1. The van der Waals surface area contributed by atoms with Crippen LogP contribution >= 0.6 is 0 Å². The van der Waals surface area contributed by atoms with E-state index in [0.29, 0.717) is 12.2 Å². The number of hydrazine groups is 1. The highest BCUT2D eigenvalue weighted by molar-refractivity contribution is 5.65. The van der Waals surface area contributed by atoms with Crippen molar-refractivity contribution >= 4 is 11.4 Å². The summed E-state index contributed by atoms with van der Waals surface area (Å²) in [7, 11) is 0. The first-order chi connectivity index (χ1) is 10.2. The number of nitrogens with two attached hydrogens (primary N) is 1. The molecule has 0 fully saturated rings. The number of nitrogen functional groups attached to an aromatic ring is 1.